The molecular formula is C12H11Cl2NO2S. The van der Waals surface area contributed by atoms with E-state index in [4.69, 9.17) is 23.2 Å². The van der Waals surface area contributed by atoms with Crippen molar-refractivity contribution in [2.75, 3.05) is 0 Å². The van der Waals surface area contributed by atoms with E-state index in [2.05, 4.69) is 0 Å². The summed E-state index contributed by atoms with van der Waals surface area (Å²) < 4.78 is 23.7. The molecule has 2 rings (SSSR count). The number of nitrogens with zero attached hydrogens (tertiary/aromatic N) is 1. The average Bonchev–Trinajstić information content (AvgIpc) is 2.27. The van der Waals surface area contributed by atoms with Crippen LogP contribution in [-0.2, 0) is 9.84 Å². The van der Waals surface area contributed by atoms with Crippen LogP contribution in [0.15, 0.2) is 23.1 Å². The monoisotopic (exact) mass is 303 g/mol. The largest absolute Gasteiger partial charge is 0.222 e. The molecule has 1 aromatic carbocycles. The predicted molar refractivity (Wildman–Crippen MR) is 70.4 cm³/mol. The second-order valence-electron chi connectivity index (χ2n) is 4.70. The molecular weight excluding hydrogens is 293 g/mol. The summed E-state index contributed by atoms with van der Waals surface area (Å²) >= 11 is 11.7. The molecule has 0 heterocycles. The summed E-state index contributed by atoms with van der Waals surface area (Å²) in [5.41, 5.74) is 0. The van der Waals surface area contributed by atoms with Crippen LogP contribution in [0.1, 0.15) is 19.8 Å². The van der Waals surface area contributed by atoms with Gasteiger partial charge in [0.05, 0.1) is 16.0 Å². The SMILES string of the molecule is CC1CC(C#N)(S(=O)(=O)c2cc(Cl)ccc2Cl)C1. The van der Waals surface area contributed by atoms with Gasteiger partial charge in [-0.1, -0.05) is 30.1 Å². The first-order chi connectivity index (χ1) is 8.32. The Morgan fingerprint density at radius 3 is 2.50 bits per heavy atom. The molecule has 6 heteroatoms. The molecule has 0 atom stereocenters. The number of rotatable bonds is 2. The third-order valence-corrected chi connectivity index (χ3v) is 6.30. The normalized spacial score (nSPS) is 27.3. The molecule has 0 bridgehead atoms. The molecule has 0 N–H and O–H groups in total. The summed E-state index contributed by atoms with van der Waals surface area (Å²) in [5.74, 6) is 0.234. The van der Waals surface area contributed by atoms with Gasteiger partial charge in [-0.05, 0) is 37.0 Å². The number of hydrogen-bond donors (Lipinski definition) is 0. The molecule has 0 saturated heterocycles. The van der Waals surface area contributed by atoms with E-state index in [1.165, 1.54) is 18.2 Å². The quantitative estimate of drug-likeness (QED) is 0.840. The van der Waals surface area contributed by atoms with Crippen molar-refractivity contribution in [3.63, 3.8) is 0 Å². The van der Waals surface area contributed by atoms with Crippen LogP contribution in [0.2, 0.25) is 10.0 Å². The van der Waals surface area contributed by atoms with E-state index in [9.17, 15) is 13.7 Å². The van der Waals surface area contributed by atoms with Gasteiger partial charge in [-0.15, -0.1) is 0 Å². The highest BCUT2D eigenvalue weighted by Crippen LogP contribution is 2.47. The fourth-order valence-corrected chi connectivity index (χ4v) is 5.15. The molecule has 0 aromatic heterocycles. The number of halogens is 2. The van der Waals surface area contributed by atoms with E-state index in [-0.39, 0.29) is 15.8 Å². The van der Waals surface area contributed by atoms with Gasteiger partial charge in [0.25, 0.3) is 0 Å². The zero-order chi connectivity index (χ0) is 13.6. The summed E-state index contributed by atoms with van der Waals surface area (Å²) in [5, 5.41) is 9.60. The summed E-state index contributed by atoms with van der Waals surface area (Å²) in [4.78, 5) is -0.0508. The number of nitriles is 1. The van der Waals surface area contributed by atoms with Gasteiger partial charge in [0.15, 0.2) is 14.6 Å². The maximum absolute atomic E-state index is 12.5. The van der Waals surface area contributed by atoms with E-state index >= 15 is 0 Å². The lowest BCUT2D eigenvalue weighted by atomic mass is 9.76. The van der Waals surface area contributed by atoms with Crippen molar-refractivity contribution in [1.29, 1.82) is 5.26 Å². The summed E-state index contributed by atoms with van der Waals surface area (Å²) in [6, 6.07) is 6.20. The van der Waals surface area contributed by atoms with E-state index in [1.54, 1.807) is 0 Å². The van der Waals surface area contributed by atoms with Gasteiger partial charge in [0.2, 0.25) is 0 Å². The number of hydrogen-bond acceptors (Lipinski definition) is 3. The van der Waals surface area contributed by atoms with Gasteiger partial charge in [-0.2, -0.15) is 5.26 Å². The van der Waals surface area contributed by atoms with Crippen molar-refractivity contribution in [2.45, 2.75) is 29.4 Å². The van der Waals surface area contributed by atoms with Crippen LogP contribution in [0.3, 0.4) is 0 Å². The second kappa shape index (κ2) is 4.41. The molecule has 0 unspecified atom stereocenters. The van der Waals surface area contributed by atoms with Crippen LogP contribution >= 0.6 is 23.2 Å². The van der Waals surface area contributed by atoms with Gasteiger partial charge in [-0.25, -0.2) is 8.42 Å². The summed E-state index contributed by atoms with van der Waals surface area (Å²) in [7, 11) is -3.78. The molecule has 1 aliphatic carbocycles. The first-order valence-corrected chi connectivity index (χ1v) is 7.67. The summed E-state index contributed by atoms with van der Waals surface area (Å²) in [6.07, 6.45) is 0.684. The Hall–Kier alpha value is -0.760. The van der Waals surface area contributed by atoms with Gasteiger partial charge >= 0.3 is 0 Å². The van der Waals surface area contributed by atoms with Crippen LogP contribution in [-0.4, -0.2) is 13.2 Å². The Kier molecular flexibility index (Phi) is 3.35. The molecule has 1 aliphatic rings. The Morgan fingerprint density at radius 1 is 1.39 bits per heavy atom. The van der Waals surface area contributed by atoms with E-state index < -0.39 is 14.6 Å². The minimum atomic E-state index is -3.78. The Balaban J connectivity index is 2.56. The third-order valence-electron chi connectivity index (χ3n) is 3.26. The van der Waals surface area contributed by atoms with Crippen molar-refractivity contribution in [2.24, 2.45) is 5.92 Å². The lowest BCUT2D eigenvalue weighted by Crippen LogP contribution is -2.48. The van der Waals surface area contributed by atoms with Crippen LogP contribution in [0, 0.1) is 17.2 Å². The molecule has 0 radical (unpaired) electrons. The molecule has 18 heavy (non-hydrogen) atoms. The molecule has 0 aliphatic heterocycles. The molecule has 0 amide bonds. The minimum Gasteiger partial charge on any atom is -0.222 e. The molecule has 0 spiro atoms. The van der Waals surface area contributed by atoms with Crippen molar-refractivity contribution >= 4 is 33.0 Å². The fourth-order valence-electron chi connectivity index (χ4n) is 2.33. The van der Waals surface area contributed by atoms with Crippen LogP contribution in [0.4, 0.5) is 0 Å². The van der Waals surface area contributed by atoms with Gasteiger partial charge in [-0.3, -0.25) is 0 Å². The van der Waals surface area contributed by atoms with Crippen molar-refractivity contribution in [3.8, 4) is 6.07 Å². The van der Waals surface area contributed by atoms with Gasteiger partial charge in [0.1, 0.15) is 0 Å². The minimum absolute atomic E-state index is 0.0508. The molecule has 3 nitrogen and oxygen atoms in total. The fraction of sp³-hybridized carbons (Fsp3) is 0.417. The van der Waals surface area contributed by atoms with Gasteiger partial charge in [0, 0.05) is 5.02 Å². The topological polar surface area (TPSA) is 57.9 Å². The Labute approximate surface area is 116 Å². The van der Waals surface area contributed by atoms with E-state index in [0.717, 1.165) is 0 Å². The van der Waals surface area contributed by atoms with E-state index in [0.29, 0.717) is 17.9 Å². The second-order valence-corrected chi connectivity index (χ2v) is 7.77. The lowest BCUT2D eigenvalue weighted by Gasteiger charge is -2.40. The zero-order valence-electron chi connectivity index (χ0n) is 9.65. The third kappa shape index (κ3) is 1.91. The smallest absolute Gasteiger partial charge is 0.198 e. The standard InChI is InChI=1S/C12H11Cl2NO2S/c1-8-5-12(6-8,7-15)18(16,17)11-4-9(13)2-3-10(11)14/h2-4,8H,5-6H2,1H3. The highest BCUT2D eigenvalue weighted by Gasteiger charge is 2.54. The number of sulfone groups is 1. The van der Waals surface area contributed by atoms with Crippen LogP contribution in [0.25, 0.3) is 0 Å². The zero-order valence-corrected chi connectivity index (χ0v) is 12.0. The maximum Gasteiger partial charge on any atom is 0.198 e. The van der Waals surface area contributed by atoms with Gasteiger partial charge < -0.3 is 0 Å². The van der Waals surface area contributed by atoms with Crippen LogP contribution < -0.4 is 0 Å². The predicted octanol–water partition coefficient (Wildman–Crippen LogP) is 3.46. The van der Waals surface area contributed by atoms with Crippen molar-refractivity contribution in [1.82, 2.24) is 0 Å². The lowest BCUT2D eigenvalue weighted by molar-refractivity contribution is 0.287. The highest BCUT2D eigenvalue weighted by atomic mass is 35.5. The van der Waals surface area contributed by atoms with Crippen molar-refractivity contribution < 1.29 is 8.42 Å². The average molecular weight is 304 g/mol. The Morgan fingerprint density at radius 2 is 2.00 bits per heavy atom. The molecule has 1 aromatic rings. The van der Waals surface area contributed by atoms with Crippen molar-refractivity contribution in [3.05, 3.63) is 28.2 Å². The van der Waals surface area contributed by atoms with E-state index in [1.807, 2.05) is 13.0 Å². The molecule has 96 valence electrons. The summed E-state index contributed by atoms with van der Waals surface area (Å²) in [6.45, 7) is 1.92. The number of benzene rings is 1. The van der Waals surface area contributed by atoms with Crippen LogP contribution in [0.5, 0.6) is 0 Å². The highest BCUT2D eigenvalue weighted by molar-refractivity contribution is 7.93. The molecule has 1 saturated carbocycles. The first kappa shape index (κ1) is 13.7. The first-order valence-electron chi connectivity index (χ1n) is 5.43. The maximum atomic E-state index is 12.5. The molecule has 1 fully saturated rings. The Bertz CT molecular complexity index is 628.